The summed E-state index contributed by atoms with van der Waals surface area (Å²) in [6, 6.07) is 6.74. The lowest BCUT2D eigenvalue weighted by molar-refractivity contribution is 0.0419. The van der Waals surface area contributed by atoms with E-state index in [1.54, 1.807) is 24.3 Å². The minimum atomic E-state index is -0.459. The van der Waals surface area contributed by atoms with Gasteiger partial charge < -0.3 is 9.47 Å². The summed E-state index contributed by atoms with van der Waals surface area (Å²) in [5.41, 5.74) is 0.573. The van der Waals surface area contributed by atoms with Gasteiger partial charge in [-0.3, -0.25) is 0 Å². The molecule has 0 saturated carbocycles. The lowest BCUT2D eigenvalue weighted by Crippen LogP contribution is -2.16. The number of rotatable bonds is 20. The predicted molar refractivity (Wildman–Crippen MR) is 137 cm³/mol. The number of esters is 2. The Morgan fingerprint density at radius 3 is 1.55 bits per heavy atom. The third-order valence-corrected chi connectivity index (χ3v) is 6.29. The fourth-order valence-electron chi connectivity index (χ4n) is 3.79. The van der Waals surface area contributed by atoms with Crippen molar-refractivity contribution in [2.75, 3.05) is 13.2 Å². The first-order chi connectivity index (χ1) is 16.1. The molecule has 33 heavy (non-hydrogen) atoms. The van der Waals surface area contributed by atoms with Gasteiger partial charge in [0.2, 0.25) is 0 Å². The largest absolute Gasteiger partial charge is 0.462 e. The topological polar surface area (TPSA) is 52.6 Å². The summed E-state index contributed by atoms with van der Waals surface area (Å²) in [5.74, 6) is -0.603. The van der Waals surface area contributed by atoms with Crippen LogP contribution in [-0.4, -0.2) is 25.2 Å². The molecule has 0 bridgehead atoms. The first kappa shape index (κ1) is 29.2. The minimum Gasteiger partial charge on any atom is -0.462 e. The van der Waals surface area contributed by atoms with Crippen LogP contribution in [0.3, 0.4) is 0 Å². The quantitative estimate of drug-likeness (QED) is 0.144. The molecular weight excluding hydrogens is 412 g/mol. The minimum absolute atomic E-state index is 0.284. The summed E-state index contributed by atoms with van der Waals surface area (Å²) in [6.07, 6.45) is 19.1. The summed E-state index contributed by atoms with van der Waals surface area (Å²) < 4.78 is 10.8. The first-order valence-electron chi connectivity index (χ1n) is 13.5. The van der Waals surface area contributed by atoms with Crippen LogP contribution in [0, 0.1) is 5.92 Å². The van der Waals surface area contributed by atoms with E-state index in [0.717, 1.165) is 19.3 Å². The predicted octanol–water partition coefficient (Wildman–Crippen LogP) is 8.53. The van der Waals surface area contributed by atoms with E-state index in [-0.39, 0.29) is 11.1 Å². The van der Waals surface area contributed by atoms with E-state index < -0.39 is 11.9 Å². The second kappa shape index (κ2) is 19.6. The molecule has 1 aromatic rings. The SMILES string of the molecule is CCCCCCCCCCCCCCCCOC(=O)c1ccccc1C(=O)OCC(C)CC. The molecule has 0 radical (unpaired) electrons. The number of benzene rings is 1. The van der Waals surface area contributed by atoms with Crippen LogP contribution >= 0.6 is 0 Å². The van der Waals surface area contributed by atoms with Crippen LogP contribution in [0.25, 0.3) is 0 Å². The Morgan fingerprint density at radius 1 is 0.667 bits per heavy atom. The Kier molecular flexibility index (Phi) is 17.4. The summed E-state index contributed by atoms with van der Waals surface area (Å²) in [6.45, 7) is 7.11. The Balaban J connectivity index is 2.11. The molecule has 0 aromatic heterocycles. The molecular formula is C29H48O4. The van der Waals surface area contributed by atoms with Gasteiger partial charge in [-0.05, 0) is 24.5 Å². The second-order valence-corrected chi connectivity index (χ2v) is 9.39. The summed E-state index contributed by atoms with van der Waals surface area (Å²) in [7, 11) is 0. The van der Waals surface area contributed by atoms with Crippen LogP contribution in [-0.2, 0) is 9.47 Å². The van der Waals surface area contributed by atoms with E-state index >= 15 is 0 Å². The lowest BCUT2D eigenvalue weighted by Gasteiger charge is -2.12. The van der Waals surface area contributed by atoms with E-state index in [0.29, 0.717) is 19.1 Å². The second-order valence-electron chi connectivity index (χ2n) is 9.39. The smallest absolute Gasteiger partial charge is 0.339 e. The number of carbonyl (C=O) groups is 2. The van der Waals surface area contributed by atoms with E-state index in [1.165, 1.54) is 77.0 Å². The third kappa shape index (κ3) is 14.1. The molecule has 0 aliphatic carbocycles. The Hall–Kier alpha value is -1.84. The van der Waals surface area contributed by atoms with Crippen molar-refractivity contribution in [3.63, 3.8) is 0 Å². The van der Waals surface area contributed by atoms with Crippen molar-refractivity contribution in [2.24, 2.45) is 5.92 Å². The van der Waals surface area contributed by atoms with Crippen molar-refractivity contribution in [1.29, 1.82) is 0 Å². The maximum atomic E-state index is 12.5. The molecule has 4 heteroatoms. The van der Waals surface area contributed by atoms with Gasteiger partial charge in [0.05, 0.1) is 24.3 Å². The van der Waals surface area contributed by atoms with Gasteiger partial charge in [-0.2, -0.15) is 0 Å². The van der Waals surface area contributed by atoms with Crippen LogP contribution in [0.4, 0.5) is 0 Å². The van der Waals surface area contributed by atoms with Crippen molar-refractivity contribution in [3.05, 3.63) is 35.4 Å². The molecule has 0 fully saturated rings. The van der Waals surface area contributed by atoms with Crippen molar-refractivity contribution in [2.45, 2.75) is 117 Å². The molecule has 0 saturated heterocycles. The zero-order valence-corrected chi connectivity index (χ0v) is 21.5. The molecule has 0 aliphatic rings. The molecule has 1 aromatic carbocycles. The molecule has 0 spiro atoms. The maximum Gasteiger partial charge on any atom is 0.339 e. The van der Waals surface area contributed by atoms with Gasteiger partial charge in [-0.1, -0.05) is 123 Å². The van der Waals surface area contributed by atoms with Crippen LogP contribution < -0.4 is 0 Å². The van der Waals surface area contributed by atoms with Crippen LogP contribution in [0.2, 0.25) is 0 Å². The van der Waals surface area contributed by atoms with Crippen molar-refractivity contribution < 1.29 is 19.1 Å². The number of hydrogen-bond acceptors (Lipinski definition) is 4. The molecule has 0 aliphatic heterocycles. The molecule has 0 heterocycles. The molecule has 188 valence electrons. The van der Waals surface area contributed by atoms with Crippen molar-refractivity contribution in [3.8, 4) is 0 Å². The zero-order chi connectivity index (χ0) is 24.2. The van der Waals surface area contributed by atoms with Crippen molar-refractivity contribution >= 4 is 11.9 Å². The summed E-state index contributed by atoms with van der Waals surface area (Å²) >= 11 is 0. The standard InChI is InChI=1S/C29H48O4/c1-4-6-7-8-9-10-11-12-13-14-15-16-17-20-23-32-28(30)26-21-18-19-22-27(26)29(31)33-24-25(3)5-2/h18-19,21-22,25H,4-17,20,23-24H2,1-3H3. The van der Waals surface area contributed by atoms with E-state index in [1.807, 2.05) is 6.92 Å². The van der Waals surface area contributed by atoms with Gasteiger partial charge >= 0.3 is 11.9 Å². The third-order valence-electron chi connectivity index (χ3n) is 6.29. The fraction of sp³-hybridized carbons (Fsp3) is 0.724. The molecule has 4 nitrogen and oxygen atoms in total. The van der Waals surface area contributed by atoms with E-state index in [2.05, 4.69) is 13.8 Å². The van der Waals surface area contributed by atoms with Gasteiger partial charge in [0, 0.05) is 0 Å². The molecule has 1 unspecified atom stereocenters. The molecule has 1 rings (SSSR count). The Bertz CT molecular complexity index is 640. The average Bonchev–Trinajstić information content (AvgIpc) is 2.84. The summed E-state index contributed by atoms with van der Waals surface area (Å²) in [5, 5.41) is 0. The molecule has 0 amide bonds. The Labute approximate surface area is 202 Å². The monoisotopic (exact) mass is 460 g/mol. The highest BCUT2D eigenvalue weighted by atomic mass is 16.5. The Morgan fingerprint density at radius 2 is 1.09 bits per heavy atom. The highest BCUT2D eigenvalue weighted by molar-refractivity contribution is 6.03. The highest BCUT2D eigenvalue weighted by Crippen LogP contribution is 2.15. The van der Waals surface area contributed by atoms with Crippen LogP contribution in [0.15, 0.2) is 24.3 Å². The zero-order valence-electron chi connectivity index (χ0n) is 21.5. The summed E-state index contributed by atoms with van der Waals surface area (Å²) in [4.78, 5) is 24.8. The molecule has 0 N–H and O–H groups in total. The number of carbonyl (C=O) groups excluding carboxylic acids is 2. The van der Waals surface area contributed by atoms with Crippen LogP contribution in [0.5, 0.6) is 0 Å². The lowest BCUT2D eigenvalue weighted by atomic mass is 10.0. The van der Waals surface area contributed by atoms with Gasteiger partial charge in [0.25, 0.3) is 0 Å². The average molecular weight is 461 g/mol. The normalized spacial score (nSPS) is 11.8. The van der Waals surface area contributed by atoms with Crippen LogP contribution in [0.1, 0.15) is 138 Å². The van der Waals surface area contributed by atoms with Gasteiger partial charge in [0.15, 0.2) is 0 Å². The highest BCUT2D eigenvalue weighted by Gasteiger charge is 2.19. The first-order valence-corrected chi connectivity index (χ1v) is 13.5. The number of ether oxygens (including phenoxy) is 2. The van der Waals surface area contributed by atoms with Gasteiger partial charge in [-0.25, -0.2) is 9.59 Å². The number of unbranched alkanes of at least 4 members (excludes halogenated alkanes) is 13. The van der Waals surface area contributed by atoms with Gasteiger partial charge in [-0.15, -0.1) is 0 Å². The molecule has 1 atom stereocenters. The number of hydrogen-bond donors (Lipinski definition) is 0. The van der Waals surface area contributed by atoms with Gasteiger partial charge in [0.1, 0.15) is 0 Å². The van der Waals surface area contributed by atoms with E-state index in [4.69, 9.17) is 9.47 Å². The fourth-order valence-corrected chi connectivity index (χ4v) is 3.79. The van der Waals surface area contributed by atoms with E-state index in [9.17, 15) is 9.59 Å². The van der Waals surface area contributed by atoms with Crippen molar-refractivity contribution in [1.82, 2.24) is 0 Å². The maximum absolute atomic E-state index is 12.5.